The van der Waals surface area contributed by atoms with Crippen molar-refractivity contribution in [1.82, 2.24) is 0 Å². The van der Waals surface area contributed by atoms with Crippen LogP contribution in [0, 0.1) is 11.8 Å². The Morgan fingerprint density at radius 2 is 1.10 bits per heavy atom. The topological polar surface area (TPSA) is 149 Å². The summed E-state index contributed by atoms with van der Waals surface area (Å²) in [6.45, 7) is 0. The summed E-state index contributed by atoms with van der Waals surface area (Å²) in [5.74, 6) is -5.71. The number of aliphatic carboxylic acids is 4. The molecule has 4 N–H and O–H groups in total. The lowest BCUT2D eigenvalue weighted by Crippen LogP contribution is -2.17. The van der Waals surface area contributed by atoms with Crippen molar-refractivity contribution in [2.24, 2.45) is 11.8 Å². The molecule has 0 aliphatic heterocycles. The quantitative estimate of drug-likeness (QED) is 0.346. The van der Waals surface area contributed by atoms with Gasteiger partial charge in [-0.3, -0.25) is 19.2 Å². The zero-order chi connectivity index (χ0) is 21.8. The summed E-state index contributed by atoms with van der Waals surface area (Å²) in [7, 11) is 0. The molecule has 1 aromatic carbocycles. The first-order chi connectivity index (χ1) is 13.7. The molecule has 0 fully saturated rings. The molecule has 160 valence electrons. The van der Waals surface area contributed by atoms with Gasteiger partial charge in [-0.25, -0.2) is 0 Å². The molecule has 29 heavy (non-hydrogen) atoms. The maximum atomic E-state index is 11.2. The summed E-state index contributed by atoms with van der Waals surface area (Å²) in [6, 6.07) is 7.74. The Morgan fingerprint density at radius 3 is 1.48 bits per heavy atom. The highest BCUT2D eigenvalue weighted by molar-refractivity contribution is 5.77. The van der Waals surface area contributed by atoms with Crippen molar-refractivity contribution in [3.63, 3.8) is 0 Å². The van der Waals surface area contributed by atoms with Crippen molar-refractivity contribution in [1.29, 1.82) is 0 Å². The second-order valence-corrected chi connectivity index (χ2v) is 7.20. The van der Waals surface area contributed by atoms with E-state index in [0.717, 1.165) is 11.1 Å². The number of hydrogen-bond donors (Lipinski definition) is 4. The highest BCUT2D eigenvalue weighted by Gasteiger charge is 2.20. The van der Waals surface area contributed by atoms with Crippen LogP contribution in [-0.2, 0) is 32.0 Å². The predicted molar refractivity (Wildman–Crippen MR) is 104 cm³/mol. The number of rotatable bonds is 15. The molecule has 8 heteroatoms. The molecule has 0 saturated carbocycles. The van der Waals surface area contributed by atoms with Crippen LogP contribution < -0.4 is 0 Å². The normalized spacial score (nSPS) is 12.8. The van der Waals surface area contributed by atoms with Crippen LogP contribution in [0.25, 0.3) is 0 Å². The molecule has 2 unspecified atom stereocenters. The van der Waals surface area contributed by atoms with E-state index in [9.17, 15) is 19.2 Å². The number of carbonyl (C=O) groups is 4. The minimum Gasteiger partial charge on any atom is -0.481 e. The highest BCUT2D eigenvalue weighted by Crippen LogP contribution is 2.18. The lowest BCUT2D eigenvalue weighted by molar-refractivity contribution is -0.148. The van der Waals surface area contributed by atoms with Crippen molar-refractivity contribution >= 4 is 23.9 Å². The van der Waals surface area contributed by atoms with E-state index in [0.29, 0.717) is 38.5 Å². The number of carboxylic acids is 4. The van der Waals surface area contributed by atoms with Crippen molar-refractivity contribution < 1.29 is 39.6 Å². The monoisotopic (exact) mass is 408 g/mol. The van der Waals surface area contributed by atoms with Crippen LogP contribution >= 0.6 is 0 Å². The molecular formula is C21H28O8. The lowest BCUT2D eigenvalue weighted by Gasteiger charge is -2.11. The smallest absolute Gasteiger partial charge is 0.307 e. The zero-order valence-electron chi connectivity index (χ0n) is 16.2. The molecule has 1 rings (SSSR count). The van der Waals surface area contributed by atoms with Gasteiger partial charge in [-0.15, -0.1) is 0 Å². The lowest BCUT2D eigenvalue weighted by atomic mass is 9.94. The second kappa shape index (κ2) is 12.5. The van der Waals surface area contributed by atoms with E-state index in [-0.39, 0.29) is 19.3 Å². The van der Waals surface area contributed by atoms with E-state index in [1.54, 1.807) is 0 Å². The summed E-state index contributed by atoms with van der Waals surface area (Å²) in [4.78, 5) is 43.5. The summed E-state index contributed by atoms with van der Waals surface area (Å²) in [5, 5.41) is 35.6. The van der Waals surface area contributed by atoms with Gasteiger partial charge in [0, 0.05) is 6.42 Å². The molecule has 0 saturated heterocycles. The van der Waals surface area contributed by atoms with Crippen molar-refractivity contribution in [3.05, 3.63) is 35.4 Å². The van der Waals surface area contributed by atoms with Crippen LogP contribution in [0.3, 0.4) is 0 Å². The molecule has 0 amide bonds. The number of aryl methyl sites for hydroxylation is 2. The average Bonchev–Trinajstić information content (AvgIpc) is 2.63. The molecule has 0 spiro atoms. The van der Waals surface area contributed by atoms with Crippen LogP contribution in [0.4, 0.5) is 0 Å². The summed E-state index contributed by atoms with van der Waals surface area (Å²) < 4.78 is 0. The van der Waals surface area contributed by atoms with Crippen LogP contribution in [0.15, 0.2) is 24.3 Å². The van der Waals surface area contributed by atoms with Gasteiger partial charge in [0.2, 0.25) is 0 Å². The molecule has 0 heterocycles. The van der Waals surface area contributed by atoms with E-state index in [1.165, 1.54) is 0 Å². The van der Waals surface area contributed by atoms with Gasteiger partial charge in [0.25, 0.3) is 0 Å². The van der Waals surface area contributed by atoms with Gasteiger partial charge in [0.05, 0.1) is 18.3 Å². The summed E-state index contributed by atoms with van der Waals surface area (Å²) >= 11 is 0. The third kappa shape index (κ3) is 10.3. The fourth-order valence-corrected chi connectivity index (χ4v) is 3.19. The molecule has 0 radical (unpaired) electrons. The summed E-state index contributed by atoms with van der Waals surface area (Å²) in [6.07, 6.45) is 2.89. The maximum absolute atomic E-state index is 11.2. The first-order valence-electron chi connectivity index (χ1n) is 9.66. The highest BCUT2D eigenvalue weighted by atomic mass is 16.4. The largest absolute Gasteiger partial charge is 0.481 e. The minimum absolute atomic E-state index is 0.128. The van der Waals surface area contributed by atoms with Crippen LogP contribution in [0.5, 0.6) is 0 Å². The Balaban J connectivity index is 2.41. The van der Waals surface area contributed by atoms with E-state index in [1.807, 2.05) is 24.3 Å². The first kappa shape index (κ1) is 24.1. The third-order valence-electron chi connectivity index (χ3n) is 4.89. The molecule has 1 aromatic rings. The van der Waals surface area contributed by atoms with Crippen molar-refractivity contribution in [2.45, 2.75) is 57.8 Å². The standard InChI is InChI=1S/C21H28O8/c22-18(23)12-11-16(20(26)27)5-1-3-14-7-9-15(10-8-14)4-2-6-17(21(28)29)13-19(24)25/h7-10,16-17H,1-6,11-13H2,(H,22,23)(H,24,25)(H,26,27)(H,28,29). The Bertz CT molecular complexity index is 695. The van der Waals surface area contributed by atoms with Crippen molar-refractivity contribution in [2.75, 3.05) is 0 Å². The molecule has 8 nitrogen and oxygen atoms in total. The average molecular weight is 408 g/mol. The van der Waals surface area contributed by atoms with E-state index in [2.05, 4.69) is 0 Å². The van der Waals surface area contributed by atoms with Gasteiger partial charge in [0.1, 0.15) is 0 Å². The Hall–Kier alpha value is -2.90. The molecular weight excluding hydrogens is 380 g/mol. The second-order valence-electron chi connectivity index (χ2n) is 7.20. The molecule has 0 bridgehead atoms. The van der Waals surface area contributed by atoms with E-state index < -0.39 is 35.7 Å². The zero-order valence-corrected chi connectivity index (χ0v) is 16.2. The predicted octanol–water partition coefficient (Wildman–Crippen LogP) is 3.07. The fourth-order valence-electron chi connectivity index (χ4n) is 3.19. The number of hydrogen-bond acceptors (Lipinski definition) is 4. The SMILES string of the molecule is O=C(O)CCC(CCCc1ccc(CCCC(CC(=O)O)C(=O)O)cc1)C(=O)O. The molecule has 0 aliphatic carbocycles. The fraction of sp³-hybridized carbons (Fsp3) is 0.524. The van der Waals surface area contributed by atoms with Gasteiger partial charge in [-0.1, -0.05) is 24.3 Å². The minimum atomic E-state index is -1.12. The number of carboxylic acid groups (broad SMARTS) is 4. The van der Waals surface area contributed by atoms with Gasteiger partial charge in [0.15, 0.2) is 0 Å². The molecule has 0 aromatic heterocycles. The van der Waals surface area contributed by atoms with Gasteiger partial charge >= 0.3 is 23.9 Å². The Kier molecular flexibility index (Phi) is 10.4. The van der Waals surface area contributed by atoms with E-state index >= 15 is 0 Å². The summed E-state index contributed by atoms with van der Waals surface area (Å²) in [5.41, 5.74) is 2.07. The van der Waals surface area contributed by atoms with Crippen LogP contribution in [-0.4, -0.2) is 44.3 Å². The van der Waals surface area contributed by atoms with Crippen molar-refractivity contribution in [3.8, 4) is 0 Å². The number of benzene rings is 1. The first-order valence-corrected chi connectivity index (χ1v) is 9.66. The third-order valence-corrected chi connectivity index (χ3v) is 4.89. The van der Waals surface area contributed by atoms with Crippen LogP contribution in [0.1, 0.15) is 56.1 Å². The van der Waals surface area contributed by atoms with Gasteiger partial charge < -0.3 is 20.4 Å². The molecule has 0 aliphatic rings. The van der Waals surface area contributed by atoms with Gasteiger partial charge in [-0.2, -0.15) is 0 Å². The molecule has 2 atom stereocenters. The van der Waals surface area contributed by atoms with Crippen LogP contribution in [0.2, 0.25) is 0 Å². The van der Waals surface area contributed by atoms with E-state index in [4.69, 9.17) is 20.4 Å². The maximum Gasteiger partial charge on any atom is 0.307 e. The van der Waals surface area contributed by atoms with Gasteiger partial charge in [-0.05, 0) is 56.1 Å². The Morgan fingerprint density at radius 1 is 0.655 bits per heavy atom. The Labute approximate surface area is 169 Å².